The largest absolute Gasteiger partial charge is 0.398 e. The molecular formula is C15H14FN3O3. The normalized spacial score (nSPS) is 11.9. The summed E-state index contributed by atoms with van der Waals surface area (Å²) in [5.41, 5.74) is 12.4. The molecule has 0 fully saturated rings. The van der Waals surface area contributed by atoms with E-state index < -0.39 is 22.6 Å². The van der Waals surface area contributed by atoms with Crippen LogP contribution >= 0.6 is 0 Å². The SMILES string of the molecule is NC(=O)CC(c1ccc(F)cc1)c1ccc([N+](=O)[O-])cc1N. The molecular weight excluding hydrogens is 289 g/mol. The van der Waals surface area contributed by atoms with E-state index in [1.54, 1.807) is 0 Å². The van der Waals surface area contributed by atoms with Crippen LogP contribution in [0, 0.1) is 15.9 Å². The molecule has 0 aromatic heterocycles. The molecule has 2 aromatic rings. The molecule has 0 saturated heterocycles. The van der Waals surface area contributed by atoms with Gasteiger partial charge in [-0.15, -0.1) is 0 Å². The van der Waals surface area contributed by atoms with Gasteiger partial charge in [0.15, 0.2) is 0 Å². The molecule has 2 aromatic carbocycles. The van der Waals surface area contributed by atoms with Gasteiger partial charge in [-0.1, -0.05) is 12.1 Å². The van der Waals surface area contributed by atoms with Crippen LogP contribution in [-0.2, 0) is 4.79 Å². The van der Waals surface area contributed by atoms with E-state index in [2.05, 4.69) is 0 Å². The van der Waals surface area contributed by atoms with Gasteiger partial charge >= 0.3 is 0 Å². The first-order valence-corrected chi connectivity index (χ1v) is 6.46. The minimum absolute atomic E-state index is 0.0341. The summed E-state index contributed by atoms with van der Waals surface area (Å²) in [6.07, 6.45) is -0.0341. The van der Waals surface area contributed by atoms with Gasteiger partial charge in [-0.25, -0.2) is 4.39 Å². The van der Waals surface area contributed by atoms with Crippen molar-refractivity contribution >= 4 is 17.3 Å². The zero-order valence-corrected chi connectivity index (χ0v) is 11.5. The van der Waals surface area contributed by atoms with Crippen molar-refractivity contribution in [3.05, 3.63) is 69.5 Å². The van der Waals surface area contributed by atoms with Gasteiger partial charge in [-0.05, 0) is 29.3 Å². The molecule has 0 aliphatic carbocycles. The Kier molecular flexibility index (Phi) is 4.36. The van der Waals surface area contributed by atoms with E-state index in [1.807, 2.05) is 0 Å². The van der Waals surface area contributed by atoms with E-state index in [0.717, 1.165) is 0 Å². The Bertz CT molecular complexity index is 716. The summed E-state index contributed by atoms with van der Waals surface area (Å²) in [7, 11) is 0. The number of anilines is 1. The van der Waals surface area contributed by atoms with Crippen LogP contribution in [0.3, 0.4) is 0 Å². The summed E-state index contributed by atoms with van der Waals surface area (Å²) in [5.74, 6) is -1.44. The number of nitrogens with two attached hydrogens (primary N) is 2. The van der Waals surface area contributed by atoms with Crippen molar-refractivity contribution in [2.75, 3.05) is 5.73 Å². The Morgan fingerprint density at radius 2 is 1.86 bits per heavy atom. The van der Waals surface area contributed by atoms with Crippen LogP contribution in [-0.4, -0.2) is 10.8 Å². The minimum atomic E-state index is -0.554. The average Bonchev–Trinajstić information content (AvgIpc) is 2.45. The lowest BCUT2D eigenvalue weighted by atomic mass is 9.87. The smallest absolute Gasteiger partial charge is 0.271 e. The number of non-ortho nitro benzene ring substituents is 1. The molecule has 4 N–H and O–H groups in total. The van der Waals surface area contributed by atoms with Gasteiger partial charge in [0, 0.05) is 30.2 Å². The van der Waals surface area contributed by atoms with E-state index in [0.29, 0.717) is 11.1 Å². The molecule has 7 heteroatoms. The van der Waals surface area contributed by atoms with Crippen molar-refractivity contribution in [3.8, 4) is 0 Å². The predicted molar refractivity (Wildman–Crippen MR) is 79.6 cm³/mol. The number of benzene rings is 2. The highest BCUT2D eigenvalue weighted by atomic mass is 19.1. The summed E-state index contributed by atoms with van der Waals surface area (Å²) in [4.78, 5) is 21.5. The maximum Gasteiger partial charge on any atom is 0.271 e. The molecule has 0 radical (unpaired) electrons. The Labute approximate surface area is 125 Å². The molecule has 0 heterocycles. The van der Waals surface area contributed by atoms with Crippen LogP contribution < -0.4 is 11.5 Å². The summed E-state index contributed by atoms with van der Waals surface area (Å²) >= 11 is 0. The van der Waals surface area contributed by atoms with Crippen molar-refractivity contribution < 1.29 is 14.1 Å². The second-order valence-corrected chi connectivity index (χ2v) is 4.84. The number of hydrogen-bond donors (Lipinski definition) is 2. The molecule has 0 aliphatic heterocycles. The van der Waals surface area contributed by atoms with Gasteiger partial charge in [-0.3, -0.25) is 14.9 Å². The van der Waals surface area contributed by atoms with E-state index in [4.69, 9.17) is 11.5 Å². The van der Waals surface area contributed by atoms with Crippen molar-refractivity contribution in [2.24, 2.45) is 5.73 Å². The van der Waals surface area contributed by atoms with E-state index in [9.17, 15) is 19.3 Å². The zero-order chi connectivity index (χ0) is 16.3. The van der Waals surface area contributed by atoms with Crippen molar-refractivity contribution in [3.63, 3.8) is 0 Å². The van der Waals surface area contributed by atoms with Crippen molar-refractivity contribution in [1.29, 1.82) is 0 Å². The van der Waals surface area contributed by atoms with Gasteiger partial charge < -0.3 is 11.5 Å². The fourth-order valence-electron chi connectivity index (χ4n) is 2.30. The maximum atomic E-state index is 13.0. The van der Waals surface area contributed by atoms with Gasteiger partial charge in [-0.2, -0.15) is 0 Å². The molecule has 2 rings (SSSR count). The number of halogens is 1. The fourth-order valence-corrected chi connectivity index (χ4v) is 2.30. The number of nitrogens with zero attached hydrogens (tertiary/aromatic N) is 1. The minimum Gasteiger partial charge on any atom is -0.398 e. The lowest BCUT2D eigenvalue weighted by Crippen LogP contribution is -2.17. The number of primary amides is 1. The van der Waals surface area contributed by atoms with Crippen molar-refractivity contribution in [1.82, 2.24) is 0 Å². The third kappa shape index (κ3) is 3.38. The summed E-state index contributed by atoms with van der Waals surface area (Å²) in [5, 5.41) is 10.8. The highest BCUT2D eigenvalue weighted by molar-refractivity contribution is 5.76. The van der Waals surface area contributed by atoms with Gasteiger partial charge in [0.1, 0.15) is 5.82 Å². The molecule has 6 nitrogen and oxygen atoms in total. The van der Waals surface area contributed by atoms with E-state index in [-0.39, 0.29) is 17.8 Å². The topological polar surface area (TPSA) is 112 Å². The highest BCUT2D eigenvalue weighted by Gasteiger charge is 2.21. The number of nitro benzene ring substituents is 1. The fraction of sp³-hybridized carbons (Fsp3) is 0.133. The molecule has 1 unspecified atom stereocenters. The number of rotatable bonds is 5. The number of carbonyl (C=O) groups is 1. The second kappa shape index (κ2) is 6.21. The first-order valence-electron chi connectivity index (χ1n) is 6.46. The number of amides is 1. The lowest BCUT2D eigenvalue weighted by Gasteiger charge is -2.18. The standard InChI is InChI=1S/C15H14FN3O3/c16-10-3-1-9(2-4-10)13(8-15(18)20)12-6-5-11(19(21)22)7-14(12)17/h1-7,13H,8,17H2,(H2,18,20). The maximum absolute atomic E-state index is 13.0. The molecule has 0 aliphatic rings. The van der Waals surface area contributed by atoms with Crippen LogP contribution in [0.4, 0.5) is 15.8 Å². The first kappa shape index (κ1) is 15.4. The second-order valence-electron chi connectivity index (χ2n) is 4.84. The molecule has 0 saturated carbocycles. The van der Waals surface area contributed by atoms with Gasteiger partial charge in [0.25, 0.3) is 5.69 Å². The quantitative estimate of drug-likeness (QED) is 0.501. The molecule has 114 valence electrons. The average molecular weight is 303 g/mol. The number of hydrogen-bond acceptors (Lipinski definition) is 4. The van der Waals surface area contributed by atoms with E-state index in [1.165, 1.54) is 42.5 Å². The molecule has 22 heavy (non-hydrogen) atoms. The first-order chi connectivity index (χ1) is 10.4. The molecule has 1 amide bonds. The summed E-state index contributed by atoms with van der Waals surface area (Å²) in [6.45, 7) is 0. The molecule has 1 atom stereocenters. The number of nitro groups is 1. The van der Waals surface area contributed by atoms with Crippen LogP contribution in [0.15, 0.2) is 42.5 Å². The van der Waals surface area contributed by atoms with Crippen LogP contribution in [0.5, 0.6) is 0 Å². The zero-order valence-electron chi connectivity index (χ0n) is 11.5. The molecule has 0 spiro atoms. The van der Waals surface area contributed by atoms with Gasteiger partial charge in [0.2, 0.25) is 5.91 Å². The third-order valence-corrected chi connectivity index (χ3v) is 3.33. The highest BCUT2D eigenvalue weighted by Crippen LogP contribution is 2.33. The number of nitrogen functional groups attached to an aromatic ring is 1. The van der Waals surface area contributed by atoms with Gasteiger partial charge in [0.05, 0.1) is 4.92 Å². The molecule has 0 bridgehead atoms. The third-order valence-electron chi connectivity index (χ3n) is 3.33. The summed E-state index contributed by atoms with van der Waals surface area (Å²) < 4.78 is 13.0. The van der Waals surface area contributed by atoms with Crippen LogP contribution in [0.2, 0.25) is 0 Å². The lowest BCUT2D eigenvalue weighted by molar-refractivity contribution is -0.384. The van der Waals surface area contributed by atoms with Crippen LogP contribution in [0.1, 0.15) is 23.5 Å². The Balaban J connectivity index is 2.47. The van der Waals surface area contributed by atoms with E-state index >= 15 is 0 Å². The Hall–Kier alpha value is -2.96. The number of carbonyl (C=O) groups excluding carboxylic acids is 1. The van der Waals surface area contributed by atoms with Crippen molar-refractivity contribution in [2.45, 2.75) is 12.3 Å². The van der Waals surface area contributed by atoms with Crippen LogP contribution in [0.25, 0.3) is 0 Å². The Morgan fingerprint density at radius 1 is 1.23 bits per heavy atom. The Morgan fingerprint density at radius 3 is 2.36 bits per heavy atom. The summed E-state index contributed by atoms with van der Waals surface area (Å²) in [6, 6.07) is 9.63. The monoisotopic (exact) mass is 303 g/mol. The predicted octanol–water partition coefficient (Wildman–Crippen LogP) is 2.32.